The van der Waals surface area contributed by atoms with Crippen molar-refractivity contribution in [3.05, 3.63) is 71.3 Å². The first-order valence-electron chi connectivity index (χ1n) is 7.90. The zero-order chi connectivity index (χ0) is 18.4. The number of carbonyl (C=O) groups excluding carboxylic acids is 1. The smallest absolute Gasteiger partial charge is 0.244 e. The number of amides is 1. The molecule has 0 bridgehead atoms. The van der Waals surface area contributed by atoms with Crippen LogP contribution in [0.25, 0.3) is 6.08 Å². The summed E-state index contributed by atoms with van der Waals surface area (Å²) in [5, 5.41) is 2.90. The molecule has 0 aromatic heterocycles. The lowest BCUT2D eigenvalue weighted by atomic mass is 10.1. The fourth-order valence-electron chi connectivity index (χ4n) is 2.25. The van der Waals surface area contributed by atoms with Crippen LogP contribution in [0, 0.1) is 6.92 Å². The van der Waals surface area contributed by atoms with Crippen molar-refractivity contribution in [1.82, 2.24) is 10.0 Å². The molecule has 0 aliphatic rings. The Morgan fingerprint density at radius 2 is 1.64 bits per heavy atom. The van der Waals surface area contributed by atoms with Gasteiger partial charge in [0.05, 0.1) is 10.9 Å². The van der Waals surface area contributed by atoms with E-state index in [9.17, 15) is 13.2 Å². The molecule has 5 nitrogen and oxygen atoms in total. The summed E-state index contributed by atoms with van der Waals surface area (Å²) >= 11 is 0. The standard InChI is InChI=1S/C19H22N2O3S/c1-14-4-9-17(10-5-14)15(2)21-19(22)13-8-16-6-11-18(12-7-16)25(23,24)20-3/h4-13,15,20H,1-3H3,(H,21,22)/b13-8+. The zero-order valence-corrected chi connectivity index (χ0v) is 15.3. The summed E-state index contributed by atoms with van der Waals surface area (Å²) in [6.07, 6.45) is 3.08. The summed E-state index contributed by atoms with van der Waals surface area (Å²) in [7, 11) is -2.09. The molecule has 2 aromatic carbocycles. The summed E-state index contributed by atoms with van der Waals surface area (Å²) in [4.78, 5) is 12.2. The Balaban J connectivity index is 1.99. The van der Waals surface area contributed by atoms with Gasteiger partial charge in [0.1, 0.15) is 0 Å². The van der Waals surface area contributed by atoms with Gasteiger partial charge in [-0.05, 0) is 50.2 Å². The second-order valence-electron chi connectivity index (χ2n) is 5.75. The van der Waals surface area contributed by atoms with Gasteiger partial charge in [-0.15, -0.1) is 0 Å². The number of aryl methyl sites for hydroxylation is 1. The van der Waals surface area contributed by atoms with E-state index >= 15 is 0 Å². The number of rotatable bonds is 6. The molecule has 0 saturated heterocycles. The predicted octanol–water partition coefficient (Wildman–Crippen LogP) is 2.79. The number of benzene rings is 2. The zero-order valence-electron chi connectivity index (χ0n) is 14.5. The van der Waals surface area contributed by atoms with Crippen LogP contribution in [0.5, 0.6) is 0 Å². The van der Waals surface area contributed by atoms with Crippen molar-refractivity contribution < 1.29 is 13.2 Å². The van der Waals surface area contributed by atoms with Crippen molar-refractivity contribution in [1.29, 1.82) is 0 Å². The second kappa shape index (κ2) is 8.09. The number of hydrogen-bond donors (Lipinski definition) is 2. The minimum Gasteiger partial charge on any atom is -0.346 e. The molecule has 132 valence electrons. The van der Waals surface area contributed by atoms with E-state index < -0.39 is 10.0 Å². The lowest BCUT2D eigenvalue weighted by Crippen LogP contribution is -2.24. The summed E-state index contributed by atoms with van der Waals surface area (Å²) in [6.45, 7) is 3.94. The van der Waals surface area contributed by atoms with Crippen molar-refractivity contribution in [2.24, 2.45) is 0 Å². The van der Waals surface area contributed by atoms with Crippen molar-refractivity contribution in [3.63, 3.8) is 0 Å². The van der Waals surface area contributed by atoms with Crippen LogP contribution in [0.4, 0.5) is 0 Å². The van der Waals surface area contributed by atoms with Crippen LogP contribution in [0.3, 0.4) is 0 Å². The van der Waals surface area contributed by atoms with Crippen molar-refractivity contribution in [2.45, 2.75) is 24.8 Å². The molecular weight excluding hydrogens is 336 g/mol. The summed E-state index contributed by atoms with van der Waals surface area (Å²) in [6, 6.07) is 14.2. The molecule has 0 fully saturated rings. The van der Waals surface area contributed by atoms with E-state index in [1.54, 1.807) is 18.2 Å². The van der Waals surface area contributed by atoms with Gasteiger partial charge < -0.3 is 5.32 Å². The number of nitrogens with one attached hydrogen (secondary N) is 2. The van der Waals surface area contributed by atoms with Crippen LogP contribution in [0.1, 0.15) is 29.7 Å². The van der Waals surface area contributed by atoms with Crippen molar-refractivity contribution in [2.75, 3.05) is 7.05 Å². The minimum atomic E-state index is -3.45. The fourth-order valence-corrected chi connectivity index (χ4v) is 2.98. The lowest BCUT2D eigenvalue weighted by molar-refractivity contribution is -0.117. The van der Waals surface area contributed by atoms with E-state index in [0.717, 1.165) is 11.1 Å². The maximum atomic E-state index is 12.0. The highest BCUT2D eigenvalue weighted by atomic mass is 32.2. The van der Waals surface area contributed by atoms with E-state index in [0.29, 0.717) is 0 Å². The number of hydrogen-bond acceptors (Lipinski definition) is 3. The Morgan fingerprint density at radius 1 is 1.04 bits per heavy atom. The molecule has 0 aliphatic carbocycles. The Bertz CT molecular complexity index is 855. The highest BCUT2D eigenvalue weighted by Gasteiger charge is 2.10. The Morgan fingerprint density at radius 3 is 2.20 bits per heavy atom. The van der Waals surface area contributed by atoms with Gasteiger partial charge in [0, 0.05) is 6.08 Å². The molecule has 2 aromatic rings. The van der Waals surface area contributed by atoms with Crippen LogP contribution in [0.2, 0.25) is 0 Å². The normalized spacial score (nSPS) is 12.9. The van der Waals surface area contributed by atoms with E-state index in [-0.39, 0.29) is 16.8 Å². The first-order valence-corrected chi connectivity index (χ1v) is 9.39. The Hall–Kier alpha value is -2.44. The topological polar surface area (TPSA) is 75.3 Å². The minimum absolute atomic E-state index is 0.0964. The van der Waals surface area contributed by atoms with Crippen LogP contribution in [-0.4, -0.2) is 21.4 Å². The molecule has 2 N–H and O–H groups in total. The van der Waals surface area contributed by atoms with Gasteiger partial charge in [0.25, 0.3) is 0 Å². The average molecular weight is 358 g/mol. The largest absolute Gasteiger partial charge is 0.346 e. The van der Waals surface area contributed by atoms with Crippen molar-refractivity contribution in [3.8, 4) is 0 Å². The van der Waals surface area contributed by atoms with Crippen LogP contribution < -0.4 is 10.0 Å². The van der Waals surface area contributed by atoms with Gasteiger partial charge in [0.15, 0.2) is 0 Å². The van der Waals surface area contributed by atoms with Crippen molar-refractivity contribution >= 4 is 22.0 Å². The molecule has 1 atom stereocenters. The summed E-state index contributed by atoms with van der Waals surface area (Å²) in [5.74, 6) is -0.208. The number of carbonyl (C=O) groups is 1. The van der Waals surface area contributed by atoms with Crippen LogP contribution in [-0.2, 0) is 14.8 Å². The quantitative estimate of drug-likeness (QED) is 0.780. The third-order valence-corrected chi connectivity index (χ3v) is 5.25. The first-order chi connectivity index (χ1) is 11.8. The Labute approximate surface area is 148 Å². The van der Waals surface area contributed by atoms with E-state index in [4.69, 9.17) is 0 Å². The van der Waals surface area contributed by atoms with E-state index in [1.165, 1.54) is 30.8 Å². The molecule has 0 spiro atoms. The highest BCUT2D eigenvalue weighted by Crippen LogP contribution is 2.14. The monoisotopic (exact) mass is 358 g/mol. The molecule has 0 radical (unpaired) electrons. The molecule has 0 aliphatic heterocycles. The maximum Gasteiger partial charge on any atom is 0.244 e. The predicted molar refractivity (Wildman–Crippen MR) is 99.5 cm³/mol. The fraction of sp³-hybridized carbons (Fsp3) is 0.211. The third-order valence-electron chi connectivity index (χ3n) is 3.82. The van der Waals surface area contributed by atoms with Gasteiger partial charge in [-0.3, -0.25) is 4.79 Å². The van der Waals surface area contributed by atoms with Gasteiger partial charge >= 0.3 is 0 Å². The average Bonchev–Trinajstić information content (AvgIpc) is 2.61. The van der Waals surface area contributed by atoms with E-state index in [2.05, 4.69) is 10.0 Å². The summed E-state index contributed by atoms with van der Waals surface area (Å²) in [5.41, 5.74) is 2.95. The molecular formula is C19H22N2O3S. The number of sulfonamides is 1. The molecule has 1 unspecified atom stereocenters. The Kier molecular flexibility index (Phi) is 6.12. The van der Waals surface area contributed by atoms with Gasteiger partial charge in [-0.2, -0.15) is 0 Å². The molecule has 2 rings (SSSR count). The first kappa shape index (κ1) is 18.9. The molecule has 6 heteroatoms. The maximum absolute atomic E-state index is 12.0. The van der Waals surface area contributed by atoms with Crippen LogP contribution >= 0.6 is 0 Å². The lowest BCUT2D eigenvalue weighted by Gasteiger charge is -2.13. The summed E-state index contributed by atoms with van der Waals surface area (Å²) < 4.78 is 25.6. The van der Waals surface area contributed by atoms with E-state index in [1.807, 2.05) is 38.1 Å². The molecule has 0 saturated carbocycles. The molecule has 25 heavy (non-hydrogen) atoms. The molecule has 0 heterocycles. The van der Waals surface area contributed by atoms with Crippen LogP contribution in [0.15, 0.2) is 59.5 Å². The van der Waals surface area contributed by atoms with Gasteiger partial charge in [0.2, 0.25) is 15.9 Å². The highest BCUT2D eigenvalue weighted by molar-refractivity contribution is 7.89. The molecule has 1 amide bonds. The SMILES string of the molecule is CNS(=O)(=O)c1ccc(/C=C/C(=O)NC(C)c2ccc(C)cc2)cc1. The second-order valence-corrected chi connectivity index (χ2v) is 7.64. The van der Waals surface area contributed by atoms with Gasteiger partial charge in [-0.25, -0.2) is 13.1 Å². The van der Waals surface area contributed by atoms with Gasteiger partial charge in [-0.1, -0.05) is 42.0 Å². The third kappa shape index (κ3) is 5.27.